The maximum absolute atomic E-state index is 4.47. The van der Waals surface area contributed by atoms with Gasteiger partial charge in [-0.25, -0.2) is 9.97 Å². The summed E-state index contributed by atoms with van der Waals surface area (Å²) in [6.45, 7) is 9.90. The van der Waals surface area contributed by atoms with E-state index in [1.165, 1.54) is 28.7 Å². The number of hydrogen-bond donors (Lipinski definition) is 2. The first kappa shape index (κ1) is 13.8. The molecule has 1 aliphatic heterocycles. The van der Waals surface area contributed by atoms with Gasteiger partial charge in [-0.2, -0.15) is 0 Å². The molecule has 1 saturated heterocycles. The number of anilines is 1. The second-order valence-electron chi connectivity index (χ2n) is 6.10. The lowest BCUT2D eigenvalue weighted by Gasteiger charge is -2.34. The highest BCUT2D eigenvalue weighted by Gasteiger charge is 2.26. The predicted molar refractivity (Wildman–Crippen MR) is 85.6 cm³/mol. The minimum atomic E-state index is 0.363. The number of fused-ring (bicyclic) bond motifs is 1. The van der Waals surface area contributed by atoms with E-state index in [1.54, 1.807) is 17.7 Å². The molecule has 1 fully saturated rings. The number of aryl methyl sites for hydroxylation is 2. The molecule has 0 radical (unpaired) electrons. The number of piperidine rings is 1. The van der Waals surface area contributed by atoms with Crippen molar-refractivity contribution in [2.24, 2.45) is 5.41 Å². The molecular formula is C15H22N4S. The second kappa shape index (κ2) is 5.30. The van der Waals surface area contributed by atoms with Gasteiger partial charge in [0.1, 0.15) is 17.0 Å². The van der Waals surface area contributed by atoms with Crippen LogP contribution in [0.4, 0.5) is 5.82 Å². The van der Waals surface area contributed by atoms with Crippen LogP contribution in [0.5, 0.6) is 0 Å². The Balaban J connectivity index is 1.84. The van der Waals surface area contributed by atoms with Gasteiger partial charge < -0.3 is 10.6 Å². The van der Waals surface area contributed by atoms with E-state index >= 15 is 0 Å². The molecule has 2 aromatic rings. The highest BCUT2D eigenvalue weighted by molar-refractivity contribution is 7.18. The fourth-order valence-electron chi connectivity index (χ4n) is 2.82. The van der Waals surface area contributed by atoms with Gasteiger partial charge in [-0.15, -0.1) is 11.3 Å². The molecule has 0 spiro atoms. The molecule has 0 unspecified atom stereocenters. The van der Waals surface area contributed by atoms with E-state index in [1.807, 2.05) is 0 Å². The monoisotopic (exact) mass is 290 g/mol. The Morgan fingerprint density at radius 3 is 2.80 bits per heavy atom. The molecule has 1 aliphatic rings. The molecule has 0 bridgehead atoms. The lowest BCUT2D eigenvalue weighted by atomic mass is 9.81. The third kappa shape index (κ3) is 2.52. The van der Waals surface area contributed by atoms with Gasteiger partial charge in [-0.05, 0) is 50.8 Å². The van der Waals surface area contributed by atoms with E-state index in [2.05, 4.69) is 41.4 Å². The van der Waals surface area contributed by atoms with Crippen LogP contribution in [-0.4, -0.2) is 29.6 Å². The summed E-state index contributed by atoms with van der Waals surface area (Å²) >= 11 is 1.75. The van der Waals surface area contributed by atoms with Crippen molar-refractivity contribution in [3.05, 3.63) is 16.8 Å². The normalized spacial score (nSPS) is 18.4. The van der Waals surface area contributed by atoms with Gasteiger partial charge in [0.15, 0.2) is 0 Å². The third-order valence-corrected chi connectivity index (χ3v) is 5.57. The Labute approximate surface area is 124 Å². The van der Waals surface area contributed by atoms with Crippen LogP contribution in [0, 0.1) is 19.3 Å². The topological polar surface area (TPSA) is 49.8 Å². The largest absolute Gasteiger partial charge is 0.369 e. The van der Waals surface area contributed by atoms with E-state index in [0.717, 1.165) is 30.3 Å². The molecular weight excluding hydrogens is 268 g/mol. The van der Waals surface area contributed by atoms with Crippen LogP contribution in [0.25, 0.3) is 10.2 Å². The first-order chi connectivity index (χ1) is 9.59. The van der Waals surface area contributed by atoms with Crippen molar-refractivity contribution in [3.63, 3.8) is 0 Å². The summed E-state index contributed by atoms with van der Waals surface area (Å²) in [5.41, 5.74) is 1.67. The average molecular weight is 290 g/mol. The van der Waals surface area contributed by atoms with Crippen LogP contribution in [0.15, 0.2) is 6.33 Å². The average Bonchev–Trinajstić information content (AvgIpc) is 2.73. The smallest absolute Gasteiger partial charge is 0.138 e. The molecule has 3 heterocycles. The van der Waals surface area contributed by atoms with Gasteiger partial charge in [-0.1, -0.05) is 6.92 Å². The van der Waals surface area contributed by atoms with Gasteiger partial charge in [0.2, 0.25) is 0 Å². The van der Waals surface area contributed by atoms with Crippen molar-refractivity contribution in [1.82, 2.24) is 15.3 Å². The number of nitrogens with zero attached hydrogens (tertiary/aromatic N) is 2. The van der Waals surface area contributed by atoms with Crippen LogP contribution in [0.3, 0.4) is 0 Å². The van der Waals surface area contributed by atoms with Crippen LogP contribution in [-0.2, 0) is 0 Å². The lowest BCUT2D eigenvalue weighted by Crippen LogP contribution is -2.39. The molecule has 3 rings (SSSR count). The highest BCUT2D eigenvalue weighted by atomic mass is 32.1. The molecule has 4 nitrogen and oxygen atoms in total. The third-order valence-electron chi connectivity index (χ3n) is 4.46. The van der Waals surface area contributed by atoms with Crippen molar-refractivity contribution in [1.29, 1.82) is 0 Å². The Morgan fingerprint density at radius 2 is 2.05 bits per heavy atom. The van der Waals surface area contributed by atoms with Crippen molar-refractivity contribution in [2.75, 3.05) is 25.0 Å². The quantitative estimate of drug-likeness (QED) is 0.912. The Bertz CT molecular complexity index is 614. The van der Waals surface area contributed by atoms with Crippen LogP contribution >= 0.6 is 11.3 Å². The molecule has 108 valence electrons. The van der Waals surface area contributed by atoms with Crippen molar-refractivity contribution < 1.29 is 0 Å². The maximum Gasteiger partial charge on any atom is 0.138 e. The van der Waals surface area contributed by atoms with E-state index in [4.69, 9.17) is 0 Å². The van der Waals surface area contributed by atoms with E-state index in [-0.39, 0.29) is 0 Å². The minimum absolute atomic E-state index is 0.363. The molecule has 0 aliphatic carbocycles. The first-order valence-electron chi connectivity index (χ1n) is 7.24. The maximum atomic E-state index is 4.47. The standard InChI is InChI=1S/C15H22N4S/c1-10-11(2)20-14-12(10)13(18-9-19-14)17-8-15(3)4-6-16-7-5-15/h9,16H,4-8H2,1-3H3,(H,17,18,19). The molecule has 0 amide bonds. The van der Waals surface area contributed by atoms with Crippen molar-refractivity contribution >= 4 is 27.4 Å². The summed E-state index contributed by atoms with van der Waals surface area (Å²) in [6.07, 6.45) is 4.11. The number of hydrogen-bond acceptors (Lipinski definition) is 5. The summed E-state index contributed by atoms with van der Waals surface area (Å²) in [7, 11) is 0. The summed E-state index contributed by atoms with van der Waals surface area (Å²) < 4.78 is 0. The Kier molecular flexibility index (Phi) is 3.65. The van der Waals surface area contributed by atoms with E-state index in [0.29, 0.717) is 5.41 Å². The van der Waals surface area contributed by atoms with Crippen LogP contribution < -0.4 is 10.6 Å². The summed E-state index contributed by atoms with van der Waals surface area (Å²) in [6, 6.07) is 0. The molecule has 5 heteroatoms. The van der Waals surface area contributed by atoms with Crippen LogP contribution in [0.1, 0.15) is 30.2 Å². The molecule has 0 aromatic carbocycles. The van der Waals surface area contributed by atoms with Gasteiger partial charge >= 0.3 is 0 Å². The van der Waals surface area contributed by atoms with Crippen LogP contribution in [0.2, 0.25) is 0 Å². The zero-order valence-electron chi connectivity index (χ0n) is 12.4. The predicted octanol–water partition coefficient (Wildman–Crippen LogP) is 3.11. The van der Waals surface area contributed by atoms with Gasteiger partial charge in [0.05, 0.1) is 5.39 Å². The Morgan fingerprint density at radius 1 is 1.30 bits per heavy atom. The van der Waals surface area contributed by atoms with E-state index in [9.17, 15) is 0 Å². The van der Waals surface area contributed by atoms with Crippen molar-refractivity contribution in [3.8, 4) is 0 Å². The van der Waals surface area contributed by atoms with E-state index < -0.39 is 0 Å². The SMILES string of the molecule is Cc1sc2ncnc(NCC3(C)CCNCC3)c2c1C. The number of nitrogens with one attached hydrogen (secondary N) is 2. The first-order valence-corrected chi connectivity index (χ1v) is 8.06. The van der Waals surface area contributed by atoms with Crippen molar-refractivity contribution in [2.45, 2.75) is 33.6 Å². The zero-order chi connectivity index (χ0) is 14.2. The highest BCUT2D eigenvalue weighted by Crippen LogP contribution is 2.34. The van der Waals surface area contributed by atoms with Gasteiger partial charge in [0, 0.05) is 11.4 Å². The molecule has 2 aromatic heterocycles. The zero-order valence-corrected chi connectivity index (χ0v) is 13.2. The Hall–Kier alpha value is -1.20. The fourth-order valence-corrected chi connectivity index (χ4v) is 3.82. The van der Waals surface area contributed by atoms with Gasteiger partial charge in [0.25, 0.3) is 0 Å². The minimum Gasteiger partial charge on any atom is -0.369 e. The lowest BCUT2D eigenvalue weighted by molar-refractivity contribution is 0.247. The number of aromatic nitrogens is 2. The summed E-state index contributed by atoms with van der Waals surface area (Å²) in [4.78, 5) is 11.3. The molecule has 0 saturated carbocycles. The number of thiophene rings is 1. The molecule has 20 heavy (non-hydrogen) atoms. The molecule has 0 atom stereocenters. The fraction of sp³-hybridized carbons (Fsp3) is 0.600. The molecule has 2 N–H and O–H groups in total. The van der Waals surface area contributed by atoms with Gasteiger partial charge in [-0.3, -0.25) is 0 Å². The summed E-state index contributed by atoms with van der Waals surface area (Å²) in [5, 5.41) is 8.21. The summed E-state index contributed by atoms with van der Waals surface area (Å²) in [5.74, 6) is 0.997. The second-order valence-corrected chi connectivity index (χ2v) is 7.30. The number of rotatable bonds is 3.